The summed E-state index contributed by atoms with van der Waals surface area (Å²) in [6.45, 7) is 1.88. The first-order valence-electron chi connectivity index (χ1n) is 2.46. The van der Waals surface area contributed by atoms with E-state index in [4.69, 9.17) is 5.73 Å². The lowest BCUT2D eigenvalue weighted by Gasteiger charge is -1.79. The summed E-state index contributed by atoms with van der Waals surface area (Å²) in [4.78, 5) is 0. The Kier molecular flexibility index (Phi) is 5.42. The van der Waals surface area contributed by atoms with Gasteiger partial charge in [0, 0.05) is 13.2 Å². The van der Waals surface area contributed by atoms with Crippen LogP contribution in [-0.2, 0) is 7.05 Å². The van der Waals surface area contributed by atoms with Gasteiger partial charge in [-0.05, 0) is 6.92 Å². The van der Waals surface area contributed by atoms with Gasteiger partial charge < -0.3 is 5.73 Å². The molecule has 0 bridgehead atoms. The molecule has 5 heteroatoms. The molecular weight excluding hydrogens is 173 g/mol. The van der Waals surface area contributed by atoms with Gasteiger partial charge in [0.1, 0.15) is 0 Å². The summed E-state index contributed by atoms with van der Waals surface area (Å²) >= 11 is 0. The number of nitrogens with two attached hydrogens (primary N) is 1. The fourth-order valence-corrected chi connectivity index (χ4v) is 0.618. The first-order chi connectivity index (χ1) is 3.70. The Bertz CT molecular complexity index is 177. The van der Waals surface area contributed by atoms with Gasteiger partial charge in [-0.1, -0.05) is 0 Å². The largest absolute Gasteiger partial charge is 0.396 e. The molecule has 0 amide bonds. The Morgan fingerprint density at radius 1 is 1.50 bits per heavy atom. The van der Waals surface area contributed by atoms with Gasteiger partial charge in [0.25, 0.3) is 0 Å². The summed E-state index contributed by atoms with van der Waals surface area (Å²) in [7, 11) is 1.85. The predicted octanol–water partition coefficient (Wildman–Crippen LogP) is 1.15. The fourth-order valence-electron chi connectivity index (χ4n) is 0.618. The van der Waals surface area contributed by atoms with E-state index in [1.807, 2.05) is 14.0 Å². The molecule has 0 spiro atoms. The molecule has 0 radical (unpaired) electrons. The summed E-state index contributed by atoms with van der Waals surface area (Å²) in [6, 6.07) is 0. The molecule has 0 aliphatic heterocycles. The predicted molar refractivity (Wildman–Crippen MR) is 46.9 cm³/mol. The van der Waals surface area contributed by atoms with Crippen LogP contribution >= 0.6 is 24.8 Å². The van der Waals surface area contributed by atoms with E-state index in [0.717, 1.165) is 11.4 Å². The van der Waals surface area contributed by atoms with Crippen molar-refractivity contribution in [1.29, 1.82) is 0 Å². The van der Waals surface area contributed by atoms with E-state index in [9.17, 15) is 0 Å². The third-order valence-electron chi connectivity index (χ3n) is 1.05. The highest BCUT2D eigenvalue weighted by atomic mass is 35.5. The molecule has 2 N–H and O–H groups in total. The number of nitrogens with zero attached hydrogens (tertiary/aromatic N) is 2. The monoisotopic (exact) mass is 183 g/mol. The smallest absolute Gasteiger partial charge is 0.0822 e. The molecule has 0 aromatic carbocycles. The van der Waals surface area contributed by atoms with Crippen molar-refractivity contribution in [3.05, 3.63) is 11.9 Å². The SMILES string of the molecule is Cc1nn(C)cc1N.Cl.Cl. The van der Waals surface area contributed by atoms with Gasteiger partial charge in [-0.15, -0.1) is 24.8 Å². The molecule has 1 rings (SSSR count). The minimum Gasteiger partial charge on any atom is -0.396 e. The Morgan fingerprint density at radius 3 is 2.10 bits per heavy atom. The molecule has 1 aromatic rings. The van der Waals surface area contributed by atoms with Crippen LogP contribution in [0.2, 0.25) is 0 Å². The maximum atomic E-state index is 5.46. The second kappa shape index (κ2) is 4.41. The maximum Gasteiger partial charge on any atom is 0.0822 e. The molecule has 0 fully saturated rings. The van der Waals surface area contributed by atoms with Gasteiger partial charge in [-0.2, -0.15) is 5.10 Å². The van der Waals surface area contributed by atoms with Gasteiger partial charge in [0.05, 0.1) is 11.4 Å². The minimum atomic E-state index is 0. The summed E-state index contributed by atoms with van der Waals surface area (Å²) in [5.74, 6) is 0. The lowest BCUT2D eigenvalue weighted by Crippen LogP contribution is -1.86. The molecule has 0 aliphatic carbocycles. The van der Waals surface area contributed by atoms with Gasteiger partial charge in [0.2, 0.25) is 0 Å². The Hall–Kier alpha value is -0.410. The van der Waals surface area contributed by atoms with E-state index in [1.54, 1.807) is 10.9 Å². The number of hydrogen-bond acceptors (Lipinski definition) is 2. The first kappa shape index (κ1) is 12.3. The number of anilines is 1. The van der Waals surface area contributed by atoms with Crippen LogP contribution in [0.4, 0.5) is 5.69 Å². The maximum absolute atomic E-state index is 5.46. The topological polar surface area (TPSA) is 43.8 Å². The zero-order chi connectivity index (χ0) is 6.15. The van der Waals surface area contributed by atoms with Crippen molar-refractivity contribution in [2.75, 3.05) is 5.73 Å². The van der Waals surface area contributed by atoms with Crippen LogP contribution < -0.4 is 5.73 Å². The number of aromatic nitrogens is 2. The zero-order valence-corrected chi connectivity index (χ0v) is 7.50. The minimum absolute atomic E-state index is 0. The van der Waals surface area contributed by atoms with Crippen molar-refractivity contribution >= 4 is 30.5 Å². The van der Waals surface area contributed by atoms with Crippen LogP contribution in [0.3, 0.4) is 0 Å². The van der Waals surface area contributed by atoms with Crippen LogP contribution in [0.5, 0.6) is 0 Å². The molecule has 0 aliphatic rings. The molecule has 10 heavy (non-hydrogen) atoms. The molecule has 0 saturated heterocycles. The third-order valence-corrected chi connectivity index (χ3v) is 1.05. The van der Waals surface area contributed by atoms with Crippen molar-refractivity contribution in [1.82, 2.24) is 9.78 Å². The van der Waals surface area contributed by atoms with Crippen molar-refractivity contribution in [2.24, 2.45) is 7.05 Å². The van der Waals surface area contributed by atoms with Gasteiger partial charge in [-0.3, -0.25) is 4.68 Å². The standard InChI is InChI=1S/C5H9N3.2ClH/c1-4-5(6)3-8(2)7-4;;/h3H,6H2,1-2H3;2*1H. The molecule has 0 atom stereocenters. The van der Waals surface area contributed by atoms with Crippen LogP contribution in [0.1, 0.15) is 5.69 Å². The number of rotatable bonds is 0. The Morgan fingerprint density at radius 2 is 2.00 bits per heavy atom. The van der Waals surface area contributed by atoms with E-state index in [-0.39, 0.29) is 24.8 Å². The van der Waals surface area contributed by atoms with E-state index in [0.29, 0.717) is 0 Å². The second-order valence-electron chi connectivity index (χ2n) is 1.84. The molecule has 0 saturated carbocycles. The van der Waals surface area contributed by atoms with Crippen LogP contribution in [0.25, 0.3) is 0 Å². The lowest BCUT2D eigenvalue weighted by molar-refractivity contribution is 0.756. The van der Waals surface area contributed by atoms with E-state index in [1.165, 1.54) is 0 Å². The van der Waals surface area contributed by atoms with Crippen molar-refractivity contribution in [3.8, 4) is 0 Å². The van der Waals surface area contributed by atoms with Crippen LogP contribution in [0.15, 0.2) is 6.20 Å². The summed E-state index contributed by atoms with van der Waals surface area (Å²) < 4.78 is 1.70. The lowest BCUT2D eigenvalue weighted by atomic mass is 10.4. The van der Waals surface area contributed by atoms with Crippen LogP contribution in [0, 0.1) is 6.92 Å². The van der Waals surface area contributed by atoms with Crippen molar-refractivity contribution in [2.45, 2.75) is 6.92 Å². The highest BCUT2D eigenvalue weighted by Gasteiger charge is 1.93. The fraction of sp³-hybridized carbons (Fsp3) is 0.400. The zero-order valence-electron chi connectivity index (χ0n) is 5.87. The molecular formula is C5H11Cl2N3. The summed E-state index contributed by atoms with van der Waals surface area (Å²) in [6.07, 6.45) is 1.79. The van der Waals surface area contributed by atoms with Crippen LogP contribution in [-0.4, -0.2) is 9.78 Å². The first-order valence-corrected chi connectivity index (χ1v) is 2.46. The van der Waals surface area contributed by atoms with Crippen molar-refractivity contribution < 1.29 is 0 Å². The van der Waals surface area contributed by atoms with Gasteiger partial charge in [0.15, 0.2) is 0 Å². The molecule has 3 nitrogen and oxygen atoms in total. The number of hydrogen-bond donors (Lipinski definition) is 1. The normalized spacial score (nSPS) is 7.80. The Balaban J connectivity index is 0. The van der Waals surface area contributed by atoms with Crippen molar-refractivity contribution in [3.63, 3.8) is 0 Å². The third kappa shape index (κ3) is 2.45. The summed E-state index contributed by atoms with van der Waals surface area (Å²) in [5.41, 5.74) is 7.11. The molecule has 60 valence electrons. The highest BCUT2D eigenvalue weighted by Crippen LogP contribution is 2.03. The number of nitrogen functional groups attached to an aromatic ring is 1. The number of halogens is 2. The number of aryl methyl sites for hydroxylation is 2. The quantitative estimate of drug-likeness (QED) is 0.657. The van der Waals surface area contributed by atoms with E-state index in [2.05, 4.69) is 5.10 Å². The highest BCUT2D eigenvalue weighted by molar-refractivity contribution is 5.85. The average Bonchev–Trinajstić information content (AvgIpc) is 1.85. The van der Waals surface area contributed by atoms with E-state index < -0.39 is 0 Å². The summed E-state index contributed by atoms with van der Waals surface area (Å²) in [5, 5.41) is 4.00. The molecule has 1 aromatic heterocycles. The average molecular weight is 184 g/mol. The molecule has 0 unspecified atom stereocenters. The van der Waals surface area contributed by atoms with Gasteiger partial charge >= 0.3 is 0 Å². The molecule has 1 heterocycles. The second-order valence-corrected chi connectivity index (χ2v) is 1.84. The Labute approximate surface area is 72.4 Å². The van der Waals surface area contributed by atoms with E-state index >= 15 is 0 Å². The van der Waals surface area contributed by atoms with Gasteiger partial charge in [-0.25, -0.2) is 0 Å².